The first-order valence-corrected chi connectivity index (χ1v) is 8.53. The number of hydrogen-bond donors (Lipinski definition) is 1. The summed E-state index contributed by atoms with van der Waals surface area (Å²) in [5.41, 5.74) is 0.198. The summed E-state index contributed by atoms with van der Waals surface area (Å²) in [5, 5.41) is 3.61. The van der Waals surface area contributed by atoms with Crippen LogP contribution >= 0.6 is 0 Å². The van der Waals surface area contributed by atoms with Gasteiger partial charge in [0.05, 0.1) is 5.75 Å². The summed E-state index contributed by atoms with van der Waals surface area (Å²) < 4.78 is 22.7. The van der Waals surface area contributed by atoms with E-state index in [4.69, 9.17) is 0 Å². The lowest BCUT2D eigenvalue weighted by atomic mass is 9.92. The standard InChI is InChI=1S/C12H24N2O2S/c1-10(8-17(3,15)16)14-7-6-13-12(2,9-14)11-4-5-11/h10-11,13H,4-9H2,1-3H3. The van der Waals surface area contributed by atoms with Crippen LogP contribution < -0.4 is 5.32 Å². The molecule has 2 fully saturated rings. The molecule has 1 N–H and O–H groups in total. The van der Waals surface area contributed by atoms with Crippen LogP contribution in [0.15, 0.2) is 0 Å². The van der Waals surface area contributed by atoms with Gasteiger partial charge in [-0.05, 0) is 32.6 Å². The number of rotatable bonds is 4. The average molecular weight is 260 g/mol. The number of nitrogens with zero attached hydrogens (tertiary/aromatic N) is 1. The second-order valence-corrected chi connectivity index (χ2v) is 8.22. The van der Waals surface area contributed by atoms with E-state index in [2.05, 4.69) is 17.1 Å². The molecule has 2 unspecified atom stereocenters. The summed E-state index contributed by atoms with van der Waals surface area (Å²) >= 11 is 0. The third kappa shape index (κ3) is 3.42. The van der Waals surface area contributed by atoms with Gasteiger partial charge in [0.25, 0.3) is 0 Å². The molecule has 1 aliphatic heterocycles. The minimum atomic E-state index is -2.88. The minimum absolute atomic E-state index is 0.130. The van der Waals surface area contributed by atoms with E-state index in [1.165, 1.54) is 19.1 Å². The summed E-state index contributed by atoms with van der Waals surface area (Å²) in [5.74, 6) is 1.06. The van der Waals surface area contributed by atoms with Crippen molar-refractivity contribution in [3.05, 3.63) is 0 Å². The summed E-state index contributed by atoms with van der Waals surface area (Å²) in [6, 6.07) is 0.130. The maximum Gasteiger partial charge on any atom is 0.148 e. The molecule has 2 atom stereocenters. The molecule has 2 rings (SSSR count). The van der Waals surface area contributed by atoms with Crippen molar-refractivity contribution in [2.75, 3.05) is 31.6 Å². The van der Waals surface area contributed by atoms with Crippen molar-refractivity contribution in [2.24, 2.45) is 5.92 Å². The van der Waals surface area contributed by atoms with Crippen molar-refractivity contribution in [3.8, 4) is 0 Å². The molecule has 5 heteroatoms. The van der Waals surface area contributed by atoms with Crippen molar-refractivity contribution < 1.29 is 8.42 Å². The maximum absolute atomic E-state index is 11.3. The Balaban J connectivity index is 1.97. The van der Waals surface area contributed by atoms with Gasteiger partial charge in [0, 0.05) is 37.5 Å². The van der Waals surface area contributed by atoms with Crippen LogP contribution in [0.25, 0.3) is 0 Å². The van der Waals surface area contributed by atoms with Crippen LogP contribution in [0.1, 0.15) is 26.7 Å². The Hall–Kier alpha value is -0.130. The van der Waals surface area contributed by atoms with Crippen LogP contribution in [0, 0.1) is 5.92 Å². The summed E-state index contributed by atoms with van der Waals surface area (Å²) in [7, 11) is -2.88. The van der Waals surface area contributed by atoms with Crippen molar-refractivity contribution >= 4 is 9.84 Å². The Labute approximate surface area is 105 Å². The van der Waals surface area contributed by atoms with E-state index in [9.17, 15) is 8.42 Å². The monoisotopic (exact) mass is 260 g/mol. The highest BCUT2D eigenvalue weighted by molar-refractivity contribution is 7.90. The highest BCUT2D eigenvalue weighted by Gasteiger charge is 2.44. The maximum atomic E-state index is 11.3. The van der Waals surface area contributed by atoms with Crippen LogP contribution in [-0.2, 0) is 9.84 Å². The van der Waals surface area contributed by atoms with Crippen LogP contribution in [0.4, 0.5) is 0 Å². The summed E-state index contributed by atoms with van der Waals surface area (Å²) in [6.45, 7) is 7.22. The summed E-state index contributed by atoms with van der Waals surface area (Å²) in [6.07, 6.45) is 3.96. The number of piperazine rings is 1. The Morgan fingerprint density at radius 1 is 1.47 bits per heavy atom. The van der Waals surface area contributed by atoms with Crippen molar-refractivity contribution in [1.82, 2.24) is 10.2 Å². The van der Waals surface area contributed by atoms with E-state index in [0.29, 0.717) is 0 Å². The fourth-order valence-electron chi connectivity index (χ4n) is 2.96. The summed E-state index contributed by atoms with van der Waals surface area (Å²) in [4.78, 5) is 2.33. The Morgan fingerprint density at radius 2 is 2.12 bits per heavy atom. The SMILES string of the molecule is CC(CS(C)(=O)=O)N1CCNC(C)(C2CC2)C1. The Bertz CT molecular complexity index is 378. The first-order chi connectivity index (χ1) is 7.80. The first-order valence-electron chi connectivity index (χ1n) is 6.47. The molecule has 1 heterocycles. The fraction of sp³-hybridized carbons (Fsp3) is 1.00. The molecule has 1 saturated carbocycles. The molecular weight excluding hydrogens is 236 g/mol. The van der Waals surface area contributed by atoms with Gasteiger partial charge in [-0.3, -0.25) is 4.90 Å². The van der Waals surface area contributed by atoms with Gasteiger partial charge in [0.2, 0.25) is 0 Å². The molecule has 1 saturated heterocycles. The van der Waals surface area contributed by atoms with Gasteiger partial charge < -0.3 is 5.32 Å². The van der Waals surface area contributed by atoms with Gasteiger partial charge >= 0.3 is 0 Å². The highest BCUT2D eigenvalue weighted by atomic mass is 32.2. The number of nitrogens with one attached hydrogen (secondary N) is 1. The molecule has 0 aromatic heterocycles. The van der Waals surface area contributed by atoms with E-state index >= 15 is 0 Å². The topological polar surface area (TPSA) is 49.4 Å². The van der Waals surface area contributed by atoms with E-state index < -0.39 is 9.84 Å². The van der Waals surface area contributed by atoms with Gasteiger partial charge in [-0.25, -0.2) is 8.42 Å². The molecule has 0 bridgehead atoms. The predicted octanol–water partition coefficient (Wildman–Crippen LogP) is 0.493. The van der Waals surface area contributed by atoms with Gasteiger partial charge in [-0.2, -0.15) is 0 Å². The Kier molecular flexibility index (Phi) is 3.54. The van der Waals surface area contributed by atoms with Gasteiger partial charge in [-0.15, -0.1) is 0 Å². The molecule has 0 aromatic rings. The van der Waals surface area contributed by atoms with Crippen LogP contribution in [0.2, 0.25) is 0 Å². The van der Waals surface area contributed by atoms with Crippen molar-refractivity contribution in [1.29, 1.82) is 0 Å². The van der Waals surface area contributed by atoms with E-state index in [1.807, 2.05) is 6.92 Å². The molecule has 0 spiro atoms. The number of sulfone groups is 1. The van der Waals surface area contributed by atoms with E-state index in [0.717, 1.165) is 25.6 Å². The molecule has 0 radical (unpaired) electrons. The molecule has 0 amide bonds. The predicted molar refractivity (Wildman–Crippen MR) is 69.9 cm³/mol. The lowest BCUT2D eigenvalue weighted by Gasteiger charge is -2.44. The van der Waals surface area contributed by atoms with Crippen LogP contribution in [0.3, 0.4) is 0 Å². The third-order valence-corrected chi connectivity index (χ3v) is 5.19. The molecule has 100 valence electrons. The molecule has 4 nitrogen and oxygen atoms in total. The minimum Gasteiger partial charge on any atom is -0.309 e. The van der Waals surface area contributed by atoms with Crippen molar-refractivity contribution in [2.45, 2.75) is 38.3 Å². The largest absolute Gasteiger partial charge is 0.309 e. The van der Waals surface area contributed by atoms with E-state index in [-0.39, 0.29) is 17.3 Å². The molecule has 17 heavy (non-hydrogen) atoms. The lowest BCUT2D eigenvalue weighted by molar-refractivity contribution is 0.102. The van der Waals surface area contributed by atoms with Gasteiger partial charge in [0.1, 0.15) is 9.84 Å². The zero-order valence-corrected chi connectivity index (χ0v) is 11.9. The normalized spacial score (nSPS) is 33.6. The molecule has 2 aliphatic rings. The van der Waals surface area contributed by atoms with Crippen molar-refractivity contribution in [3.63, 3.8) is 0 Å². The molecule has 1 aliphatic carbocycles. The lowest BCUT2D eigenvalue weighted by Crippen LogP contribution is -2.62. The second-order valence-electron chi connectivity index (χ2n) is 6.03. The van der Waals surface area contributed by atoms with Gasteiger partial charge in [-0.1, -0.05) is 0 Å². The quantitative estimate of drug-likeness (QED) is 0.799. The Morgan fingerprint density at radius 3 is 2.65 bits per heavy atom. The third-order valence-electron chi connectivity index (χ3n) is 4.11. The van der Waals surface area contributed by atoms with Gasteiger partial charge in [0.15, 0.2) is 0 Å². The van der Waals surface area contributed by atoms with Crippen LogP contribution in [0.5, 0.6) is 0 Å². The highest BCUT2D eigenvalue weighted by Crippen LogP contribution is 2.40. The average Bonchev–Trinajstić information content (AvgIpc) is 2.98. The fourth-order valence-corrected chi connectivity index (χ4v) is 4.04. The zero-order valence-electron chi connectivity index (χ0n) is 11.1. The molecular formula is C12H24N2O2S. The number of hydrogen-bond acceptors (Lipinski definition) is 4. The van der Waals surface area contributed by atoms with Crippen LogP contribution in [-0.4, -0.2) is 56.5 Å². The molecule has 0 aromatic carbocycles. The zero-order chi connectivity index (χ0) is 12.7. The first kappa shape index (κ1) is 13.3. The van der Waals surface area contributed by atoms with E-state index in [1.54, 1.807) is 0 Å². The smallest absolute Gasteiger partial charge is 0.148 e. The second kappa shape index (κ2) is 4.52.